The van der Waals surface area contributed by atoms with Gasteiger partial charge in [-0.05, 0) is 25.0 Å². The molecule has 0 fully saturated rings. The van der Waals surface area contributed by atoms with Gasteiger partial charge in [0.15, 0.2) is 5.78 Å². The summed E-state index contributed by atoms with van der Waals surface area (Å²) in [6.45, 7) is 3.90. The zero-order chi connectivity index (χ0) is 14.1. The van der Waals surface area contributed by atoms with Crippen LogP contribution in [0.1, 0.15) is 74.2 Å². The summed E-state index contributed by atoms with van der Waals surface area (Å²) in [7, 11) is 0. The van der Waals surface area contributed by atoms with E-state index < -0.39 is 0 Å². The Bertz CT molecular complexity index is 398. The molecule has 1 nitrogen and oxygen atoms in total. The Morgan fingerprint density at radius 1 is 1.05 bits per heavy atom. The molecule has 0 aromatic heterocycles. The van der Waals surface area contributed by atoms with Crippen LogP contribution in [0.15, 0.2) is 18.2 Å². The van der Waals surface area contributed by atoms with Crippen molar-refractivity contribution in [1.29, 1.82) is 0 Å². The van der Waals surface area contributed by atoms with Gasteiger partial charge in [-0.3, -0.25) is 4.79 Å². The van der Waals surface area contributed by atoms with E-state index in [1.165, 1.54) is 32.1 Å². The van der Waals surface area contributed by atoms with E-state index in [-0.39, 0.29) is 17.2 Å². The molecule has 0 radical (unpaired) electrons. The van der Waals surface area contributed by atoms with Gasteiger partial charge in [-0.1, -0.05) is 57.6 Å². The van der Waals surface area contributed by atoms with E-state index in [0.29, 0.717) is 12.0 Å². The minimum Gasteiger partial charge on any atom is -0.294 e. The van der Waals surface area contributed by atoms with Crippen LogP contribution in [-0.2, 0) is 0 Å². The fourth-order valence-electron chi connectivity index (χ4n) is 2.24. The molecule has 0 spiro atoms. The van der Waals surface area contributed by atoms with Gasteiger partial charge in [0.1, 0.15) is 5.82 Å². The summed E-state index contributed by atoms with van der Waals surface area (Å²) in [5.41, 5.74) is 0.802. The van der Waals surface area contributed by atoms with Crippen LogP contribution in [0.2, 0.25) is 0 Å². The van der Waals surface area contributed by atoms with Gasteiger partial charge in [0.2, 0.25) is 0 Å². The number of rotatable bonds is 9. The van der Waals surface area contributed by atoms with Crippen molar-refractivity contribution in [2.45, 2.75) is 65.2 Å². The van der Waals surface area contributed by atoms with Crippen molar-refractivity contribution in [3.05, 3.63) is 35.1 Å². The molecule has 106 valence electrons. The third kappa shape index (κ3) is 5.54. The summed E-state index contributed by atoms with van der Waals surface area (Å²) in [6, 6.07) is 5.03. The minimum atomic E-state index is -0.351. The van der Waals surface area contributed by atoms with E-state index in [1.807, 2.05) is 0 Å². The van der Waals surface area contributed by atoms with Gasteiger partial charge in [0.05, 0.1) is 5.56 Å². The van der Waals surface area contributed by atoms with Crippen LogP contribution in [0, 0.1) is 12.7 Å². The zero-order valence-corrected chi connectivity index (χ0v) is 12.2. The van der Waals surface area contributed by atoms with Crippen LogP contribution >= 0.6 is 0 Å². The first kappa shape index (κ1) is 15.9. The average Bonchev–Trinajstić information content (AvgIpc) is 2.40. The van der Waals surface area contributed by atoms with Gasteiger partial charge in [0, 0.05) is 6.42 Å². The summed E-state index contributed by atoms with van der Waals surface area (Å²) in [6.07, 6.45) is 8.69. The lowest BCUT2D eigenvalue weighted by Crippen LogP contribution is -2.03. The standard InChI is InChI=1S/C17H25FO/c1-3-4-5-6-7-8-9-13-16(19)15-12-10-11-14(2)17(15)18/h10-12H,3-9,13H2,1-2H3. The predicted octanol–water partition coefficient (Wildman–Crippen LogP) is 5.46. The van der Waals surface area contributed by atoms with E-state index in [2.05, 4.69) is 6.92 Å². The second-order valence-electron chi connectivity index (χ2n) is 5.23. The van der Waals surface area contributed by atoms with Crippen molar-refractivity contribution in [2.75, 3.05) is 0 Å². The van der Waals surface area contributed by atoms with Crippen molar-refractivity contribution in [1.82, 2.24) is 0 Å². The average molecular weight is 264 g/mol. The number of unbranched alkanes of at least 4 members (excludes halogenated alkanes) is 6. The van der Waals surface area contributed by atoms with Crippen LogP contribution in [0.25, 0.3) is 0 Å². The van der Waals surface area contributed by atoms with Crippen molar-refractivity contribution in [2.24, 2.45) is 0 Å². The van der Waals surface area contributed by atoms with Gasteiger partial charge in [0.25, 0.3) is 0 Å². The SMILES string of the molecule is CCCCCCCCCC(=O)c1cccc(C)c1F. The summed E-state index contributed by atoms with van der Waals surface area (Å²) in [5, 5.41) is 0. The maximum Gasteiger partial charge on any atom is 0.165 e. The Balaban J connectivity index is 2.26. The van der Waals surface area contributed by atoms with E-state index in [9.17, 15) is 9.18 Å². The summed E-state index contributed by atoms with van der Waals surface area (Å²) in [4.78, 5) is 11.9. The van der Waals surface area contributed by atoms with Gasteiger partial charge >= 0.3 is 0 Å². The van der Waals surface area contributed by atoms with Crippen molar-refractivity contribution in [3.63, 3.8) is 0 Å². The first-order valence-corrected chi connectivity index (χ1v) is 7.45. The molecule has 19 heavy (non-hydrogen) atoms. The first-order valence-electron chi connectivity index (χ1n) is 7.45. The van der Waals surface area contributed by atoms with Crippen molar-refractivity contribution < 1.29 is 9.18 Å². The minimum absolute atomic E-state index is 0.0604. The Hall–Kier alpha value is -1.18. The molecule has 0 saturated carbocycles. The first-order chi connectivity index (χ1) is 9.16. The summed E-state index contributed by atoms with van der Waals surface area (Å²) >= 11 is 0. The monoisotopic (exact) mass is 264 g/mol. The quantitative estimate of drug-likeness (QED) is 0.427. The van der Waals surface area contributed by atoms with Gasteiger partial charge < -0.3 is 0 Å². The molecular weight excluding hydrogens is 239 g/mol. The number of hydrogen-bond donors (Lipinski definition) is 0. The predicted molar refractivity (Wildman–Crippen MR) is 78.1 cm³/mol. The second kappa shape index (κ2) is 8.84. The Kier molecular flexibility index (Phi) is 7.39. The fraction of sp³-hybridized carbons (Fsp3) is 0.588. The molecule has 0 saturated heterocycles. The summed E-state index contributed by atoms with van der Waals surface area (Å²) in [5.74, 6) is -0.412. The number of halogens is 1. The molecule has 2 heteroatoms. The van der Waals surface area contributed by atoms with Crippen molar-refractivity contribution in [3.8, 4) is 0 Å². The molecule has 0 amide bonds. The lowest BCUT2D eigenvalue weighted by atomic mass is 10.0. The summed E-state index contributed by atoms with van der Waals surface area (Å²) < 4.78 is 13.7. The molecule has 0 N–H and O–H groups in total. The Morgan fingerprint density at radius 2 is 1.68 bits per heavy atom. The molecule has 0 heterocycles. The highest BCUT2D eigenvalue weighted by Crippen LogP contribution is 2.16. The number of ketones is 1. The Morgan fingerprint density at radius 3 is 2.37 bits per heavy atom. The normalized spacial score (nSPS) is 10.7. The maximum atomic E-state index is 13.7. The van der Waals surface area contributed by atoms with Gasteiger partial charge in [-0.2, -0.15) is 0 Å². The number of benzene rings is 1. The third-order valence-electron chi connectivity index (χ3n) is 3.50. The number of Topliss-reactive ketones (excluding diaryl/α,β-unsaturated/α-hetero) is 1. The maximum absolute atomic E-state index is 13.7. The molecule has 1 aromatic carbocycles. The van der Waals surface area contributed by atoms with E-state index in [1.54, 1.807) is 25.1 Å². The van der Waals surface area contributed by atoms with Gasteiger partial charge in [-0.15, -0.1) is 0 Å². The van der Waals surface area contributed by atoms with Crippen LogP contribution in [0.4, 0.5) is 4.39 Å². The highest BCUT2D eigenvalue weighted by molar-refractivity contribution is 5.96. The fourth-order valence-corrected chi connectivity index (χ4v) is 2.24. The molecule has 0 unspecified atom stereocenters. The lowest BCUT2D eigenvalue weighted by Gasteiger charge is -2.05. The molecule has 0 aliphatic rings. The van der Waals surface area contributed by atoms with E-state index in [4.69, 9.17) is 0 Å². The molecule has 0 bridgehead atoms. The van der Waals surface area contributed by atoms with Crippen LogP contribution in [-0.4, -0.2) is 5.78 Å². The Labute approximate surface area is 116 Å². The number of carbonyl (C=O) groups excluding carboxylic acids is 1. The molecule has 0 aliphatic carbocycles. The lowest BCUT2D eigenvalue weighted by molar-refractivity contribution is 0.0975. The highest BCUT2D eigenvalue weighted by atomic mass is 19.1. The second-order valence-corrected chi connectivity index (χ2v) is 5.23. The van der Waals surface area contributed by atoms with Gasteiger partial charge in [-0.25, -0.2) is 4.39 Å². The van der Waals surface area contributed by atoms with E-state index >= 15 is 0 Å². The molecule has 0 aliphatic heterocycles. The molecule has 1 aromatic rings. The third-order valence-corrected chi connectivity index (χ3v) is 3.50. The highest BCUT2D eigenvalue weighted by Gasteiger charge is 2.12. The topological polar surface area (TPSA) is 17.1 Å². The van der Waals surface area contributed by atoms with E-state index in [0.717, 1.165) is 12.8 Å². The number of carbonyl (C=O) groups is 1. The molecule has 0 atom stereocenters. The van der Waals surface area contributed by atoms with Crippen LogP contribution < -0.4 is 0 Å². The zero-order valence-electron chi connectivity index (χ0n) is 12.2. The van der Waals surface area contributed by atoms with Crippen LogP contribution in [0.3, 0.4) is 0 Å². The molecular formula is C17H25FO. The van der Waals surface area contributed by atoms with Crippen LogP contribution in [0.5, 0.6) is 0 Å². The molecule has 1 rings (SSSR count). The number of aryl methyl sites for hydroxylation is 1. The smallest absolute Gasteiger partial charge is 0.165 e. The number of hydrogen-bond acceptors (Lipinski definition) is 1. The largest absolute Gasteiger partial charge is 0.294 e. The van der Waals surface area contributed by atoms with Crippen molar-refractivity contribution >= 4 is 5.78 Å².